The average Bonchev–Trinajstić information content (AvgIpc) is 3.45. The van der Waals surface area contributed by atoms with Gasteiger partial charge in [-0.1, -0.05) is 42.8 Å². The second-order valence-corrected chi connectivity index (χ2v) is 8.70. The van der Waals surface area contributed by atoms with Gasteiger partial charge in [0.05, 0.1) is 24.2 Å². The van der Waals surface area contributed by atoms with E-state index in [0.717, 1.165) is 36.2 Å². The third-order valence-electron chi connectivity index (χ3n) is 7.06. The smallest absolute Gasteiger partial charge is 0.178 e. The molecule has 2 fully saturated rings. The molecule has 6 rings (SSSR count). The maximum Gasteiger partial charge on any atom is 0.178 e. The molecule has 2 aromatic carbocycles. The standard InChI is InChI=1S/C25H23FN2O2/c1-24-14-18-15-27-28(21-9-7-20(26)8-10-21)22(18)13-19(24)11-12-25(24)29-16-23(30-25)17-5-3-2-4-6-17/h2-10,13,15,23H,11-12,14,16H2,1H3/t23-,24-,25-/m0/s1. The van der Waals surface area contributed by atoms with E-state index in [4.69, 9.17) is 9.47 Å². The van der Waals surface area contributed by atoms with Crippen LogP contribution in [0.25, 0.3) is 11.8 Å². The van der Waals surface area contributed by atoms with E-state index in [1.807, 2.05) is 29.1 Å². The van der Waals surface area contributed by atoms with Crippen molar-refractivity contribution in [1.29, 1.82) is 0 Å². The van der Waals surface area contributed by atoms with Crippen molar-refractivity contribution >= 4 is 6.08 Å². The zero-order valence-corrected chi connectivity index (χ0v) is 16.8. The highest BCUT2D eigenvalue weighted by molar-refractivity contribution is 5.62. The molecule has 0 bridgehead atoms. The molecule has 4 nitrogen and oxygen atoms in total. The van der Waals surface area contributed by atoms with Crippen LogP contribution in [0.4, 0.5) is 4.39 Å². The first-order valence-corrected chi connectivity index (χ1v) is 10.5. The van der Waals surface area contributed by atoms with Crippen molar-refractivity contribution in [3.8, 4) is 5.69 Å². The molecule has 1 aliphatic heterocycles. The first-order chi connectivity index (χ1) is 14.6. The molecule has 3 atom stereocenters. The van der Waals surface area contributed by atoms with Gasteiger partial charge in [0.15, 0.2) is 5.79 Å². The van der Waals surface area contributed by atoms with E-state index in [9.17, 15) is 4.39 Å². The summed E-state index contributed by atoms with van der Waals surface area (Å²) < 4.78 is 28.3. The number of halogens is 1. The van der Waals surface area contributed by atoms with Crippen molar-refractivity contribution in [3.63, 3.8) is 0 Å². The van der Waals surface area contributed by atoms with Crippen LogP contribution in [-0.4, -0.2) is 22.2 Å². The van der Waals surface area contributed by atoms with E-state index in [1.165, 1.54) is 23.3 Å². The quantitative estimate of drug-likeness (QED) is 0.589. The minimum absolute atomic E-state index is 0.0364. The Morgan fingerprint density at radius 3 is 2.70 bits per heavy atom. The van der Waals surface area contributed by atoms with E-state index in [2.05, 4.69) is 30.2 Å². The summed E-state index contributed by atoms with van der Waals surface area (Å²) in [5.74, 6) is -0.846. The highest BCUT2D eigenvalue weighted by Gasteiger charge is 2.61. The minimum atomic E-state index is -0.602. The lowest BCUT2D eigenvalue weighted by molar-refractivity contribution is -0.218. The van der Waals surface area contributed by atoms with E-state index < -0.39 is 5.79 Å². The number of nitrogens with zero attached hydrogens (tertiary/aromatic N) is 2. The van der Waals surface area contributed by atoms with Gasteiger partial charge in [-0.05, 0) is 54.3 Å². The van der Waals surface area contributed by atoms with Crippen LogP contribution in [0.2, 0.25) is 0 Å². The van der Waals surface area contributed by atoms with Crippen molar-refractivity contribution in [1.82, 2.24) is 9.78 Å². The molecule has 1 aromatic heterocycles. The summed E-state index contributed by atoms with van der Waals surface area (Å²) in [6, 6.07) is 16.8. The fourth-order valence-corrected chi connectivity index (χ4v) is 5.35. The topological polar surface area (TPSA) is 36.3 Å². The molecule has 30 heavy (non-hydrogen) atoms. The Morgan fingerprint density at radius 1 is 1.10 bits per heavy atom. The van der Waals surface area contributed by atoms with Gasteiger partial charge in [-0.2, -0.15) is 5.10 Å². The average molecular weight is 402 g/mol. The van der Waals surface area contributed by atoms with Gasteiger partial charge in [0, 0.05) is 11.8 Å². The molecule has 3 aliphatic rings. The van der Waals surface area contributed by atoms with Crippen LogP contribution in [0.1, 0.15) is 42.7 Å². The monoisotopic (exact) mass is 402 g/mol. The predicted molar refractivity (Wildman–Crippen MR) is 111 cm³/mol. The number of aromatic nitrogens is 2. The molecule has 5 heteroatoms. The van der Waals surface area contributed by atoms with E-state index in [-0.39, 0.29) is 17.3 Å². The highest BCUT2D eigenvalue weighted by atomic mass is 19.1. The molecule has 0 amide bonds. The zero-order valence-electron chi connectivity index (χ0n) is 16.8. The summed E-state index contributed by atoms with van der Waals surface area (Å²) in [6.45, 7) is 2.84. The molecule has 152 valence electrons. The lowest BCUT2D eigenvalue weighted by Crippen LogP contribution is -2.46. The molecule has 2 heterocycles. The van der Waals surface area contributed by atoms with Gasteiger partial charge in [-0.25, -0.2) is 9.07 Å². The third-order valence-corrected chi connectivity index (χ3v) is 7.06. The minimum Gasteiger partial charge on any atom is -0.346 e. The number of hydrogen-bond donors (Lipinski definition) is 0. The van der Waals surface area contributed by atoms with Crippen LogP contribution < -0.4 is 0 Å². The molecule has 1 saturated carbocycles. The third kappa shape index (κ3) is 2.49. The normalized spacial score (nSPS) is 29.7. The lowest BCUT2D eigenvalue weighted by atomic mass is 9.72. The summed E-state index contributed by atoms with van der Waals surface area (Å²) in [6.07, 6.45) is 6.74. The van der Waals surface area contributed by atoms with Gasteiger partial charge in [-0.3, -0.25) is 0 Å². The van der Waals surface area contributed by atoms with Gasteiger partial charge in [0.2, 0.25) is 0 Å². The van der Waals surface area contributed by atoms with Crippen molar-refractivity contribution in [2.45, 2.75) is 38.1 Å². The summed E-state index contributed by atoms with van der Waals surface area (Å²) in [5.41, 5.74) is 5.39. The Morgan fingerprint density at radius 2 is 1.90 bits per heavy atom. The van der Waals surface area contributed by atoms with Crippen LogP contribution in [0.3, 0.4) is 0 Å². The molecule has 1 spiro atoms. The molecule has 0 unspecified atom stereocenters. The molecule has 2 aliphatic carbocycles. The summed E-state index contributed by atoms with van der Waals surface area (Å²) >= 11 is 0. The van der Waals surface area contributed by atoms with Gasteiger partial charge in [0.1, 0.15) is 11.9 Å². The van der Waals surface area contributed by atoms with E-state index in [1.54, 1.807) is 12.1 Å². The van der Waals surface area contributed by atoms with Gasteiger partial charge in [0.25, 0.3) is 0 Å². The predicted octanol–water partition coefficient (Wildman–Crippen LogP) is 5.24. The SMILES string of the molecule is C[C@]12Cc3cnn(-c4ccc(F)cc4)c3C=C1CC[C@@]21OC[C@@H](c2ccccc2)O1. The fourth-order valence-electron chi connectivity index (χ4n) is 5.35. The van der Waals surface area contributed by atoms with Gasteiger partial charge in [-0.15, -0.1) is 0 Å². The first kappa shape index (κ1) is 18.0. The van der Waals surface area contributed by atoms with Gasteiger partial charge < -0.3 is 9.47 Å². The maximum atomic E-state index is 13.3. The maximum absolute atomic E-state index is 13.3. The second-order valence-electron chi connectivity index (χ2n) is 8.70. The molecule has 1 saturated heterocycles. The van der Waals surface area contributed by atoms with Crippen LogP contribution in [0.15, 0.2) is 66.4 Å². The molecule has 0 radical (unpaired) electrons. The second kappa shape index (κ2) is 6.37. The summed E-state index contributed by atoms with van der Waals surface area (Å²) in [5, 5.41) is 4.60. The fraction of sp³-hybridized carbons (Fsp3) is 0.320. The van der Waals surface area contributed by atoms with Crippen LogP contribution in [-0.2, 0) is 15.9 Å². The lowest BCUT2D eigenvalue weighted by Gasteiger charge is -2.41. The summed E-state index contributed by atoms with van der Waals surface area (Å²) in [7, 11) is 0. The van der Waals surface area contributed by atoms with E-state index >= 15 is 0 Å². The molecule has 3 aromatic rings. The Bertz CT molecular complexity index is 1140. The Balaban J connectivity index is 1.35. The zero-order chi connectivity index (χ0) is 20.3. The Labute approximate surface area is 174 Å². The largest absolute Gasteiger partial charge is 0.346 e. The summed E-state index contributed by atoms with van der Waals surface area (Å²) in [4.78, 5) is 0. The highest BCUT2D eigenvalue weighted by Crippen LogP contribution is 2.60. The van der Waals surface area contributed by atoms with Crippen LogP contribution in [0, 0.1) is 11.2 Å². The van der Waals surface area contributed by atoms with Crippen molar-refractivity contribution in [2.75, 3.05) is 6.61 Å². The Hall–Kier alpha value is -2.76. The molecule has 0 N–H and O–H groups in total. The van der Waals surface area contributed by atoms with Crippen LogP contribution in [0.5, 0.6) is 0 Å². The molecular formula is C25H23FN2O2. The molecular weight excluding hydrogens is 379 g/mol. The van der Waals surface area contributed by atoms with Crippen molar-refractivity contribution in [2.24, 2.45) is 5.41 Å². The van der Waals surface area contributed by atoms with Crippen LogP contribution >= 0.6 is 0 Å². The first-order valence-electron chi connectivity index (χ1n) is 10.5. The number of ether oxygens (including phenoxy) is 2. The number of fused-ring (bicyclic) bond motifs is 3. The van der Waals surface area contributed by atoms with Crippen molar-refractivity contribution in [3.05, 3.63) is 89.0 Å². The van der Waals surface area contributed by atoms with E-state index in [0.29, 0.717) is 6.61 Å². The van der Waals surface area contributed by atoms with Crippen molar-refractivity contribution < 1.29 is 13.9 Å². The number of hydrogen-bond acceptors (Lipinski definition) is 3. The van der Waals surface area contributed by atoms with Gasteiger partial charge >= 0.3 is 0 Å². The number of benzene rings is 2. The Kier molecular flexibility index (Phi) is 3.83. The number of rotatable bonds is 2.